The molecule has 0 spiro atoms. The van der Waals surface area contributed by atoms with Gasteiger partial charge in [-0.1, -0.05) is 13.8 Å². The van der Waals surface area contributed by atoms with Gasteiger partial charge < -0.3 is 9.64 Å². The van der Waals surface area contributed by atoms with E-state index in [9.17, 15) is 18.0 Å². The molecular weight excluding hydrogens is 418 g/mol. The van der Waals surface area contributed by atoms with Crippen molar-refractivity contribution >= 4 is 21.7 Å². The van der Waals surface area contributed by atoms with E-state index in [1.165, 1.54) is 0 Å². The highest BCUT2D eigenvalue weighted by atomic mass is 32.2. The minimum Gasteiger partial charge on any atom is -0.452 e. The molecule has 1 fully saturated rings. The van der Waals surface area contributed by atoms with E-state index in [1.54, 1.807) is 33.8 Å². The third-order valence-electron chi connectivity index (χ3n) is 5.22. The van der Waals surface area contributed by atoms with Crippen molar-refractivity contribution in [1.82, 2.24) is 14.7 Å². The lowest BCUT2D eigenvalue weighted by Gasteiger charge is -2.29. The summed E-state index contributed by atoms with van der Waals surface area (Å²) in [6.45, 7) is 7.79. The zero-order valence-electron chi connectivity index (χ0n) is 18.4. The van der Waals surface area contributed by atoms with Crippen LogP contribution < -0.4 is 0 Å². The second-order valence-electron chi connectivity index (χ2n) is 8.46. The molecule has 1 aromatic carbocycles. The Hall–Kier alpha value is -2.68. The highest BCUT2D eigenvalue weighted by Gasteiger charge is 2.35. The number of ether oxygens (including phenoxy) is 1. The van der Waals surface area contributed by atoms with Gasteiger partial charge in [0.05, 0.1) is 28.5 Å². The van der Waals surface area contributed by atoms with Crippen LogP contribution >= 0.6 is 0 Å². The second-order valence-corrected chi connectivity index (χ2v) is 10.7. The number of esters is 1. The van der Waals surface area contributed by atoms with Crippen LogP contribution in [-0.4, -0.2) is 65.7 Å². The number of carbonyl (C=O) groups excluding carboxylic acids is 2. The molecule has 0 bridgehead atoms. The lowest BCUT2D eigenvalue weighted by molar-refractivity contribution is -0.137. The largest absolute Gasteiger partial charge is 0.452 e. The standard InChI is InChI=1S/C22H29N3O5S/c1-15(2)12-24(20-9-10-31(28,29)14-20)21(26)13-30-22(27)18-5-7-19(8-6-18)25-17(4)11-16(3)23-25/h5-8,11,15,20H,9-10,12-14H2,1-4H3/t20-/m1/s1. The molecule has 1 amide bonds. The first kappa shape index (κ1) is 23.0. The van der Waals surface area contributed by atoms with Gasteiger partial charge in [-0.3, -0.25) is 4.79 Å². The van der Waals surface area contributed by atoms with Gasteiger partial charge in [-0.05, 0) is 56.5 Å². The van der Waals surface area contributed by atoms with E-state index >= 15 is 0 Å². The van der Waals surface area contributed by atoms with Gasteiger partial charge in [0.1, 0.15) is 0 Å². The quantitative estimate of drug-likeness (QED) is 0.604. The minimum atomic E-state index is -3.12. The predicted octanol–water partition coefficient (Wildman–Crippen LogP) is 2.32. The molecule has 0 radical (unpaired) electrons. The smallest absolute Gasteiger partial charge is 0.338 e. The van der Waals surface area contributed by atoms with Gasteiger partial charge >= 0.3 is 5.97 Å². The van der Waals surface area contributed by atoms with E-state index in [0.29, 0.717) is 18.5 Å². The molecule has 1 saturated heterocycles. The molecule has 2 aromatic rings. The number of aryl methyl sites for hydroxylation is 2. The molecule has 1 aliphatic rings. The summed E-state index contributed by atoms with van der Waals surface area (Å²) in [5.41, 5.74) is 3.04. The zero-order chi connectivity index (χ0) is 22.8. The summed E-state index contributed by atoms with van der Waals surface area (Å²) in [5.74, 6) is -0.751. The Morgan fingerprint density at radius 2 is 1.90 bits per heavy atom. The summed E-state index contributed by atoms with van der Waals surface area (Å²) in [4.78, 5) is 26.7. The fourth-order valence-electron chi connectivity index (χ4n) is 3.79. The van der Waals surface area contributed by atoms with E-state index in [1.807, 2.05) is 33.8 Å². The monoisotopic (exact) mass is 447 g/mol. The molecule has 0 unspecified atom stereocenters. The van der Waals surface area contributed by atoms with Crippen LogP contribution in [0.1, 0.15) is 42.0 Å². The average molecular weight is 448 g/mol. The van der Waals surface area contributed by atoms with Crippen LogP contribution in [0.4, 0.5) is 0 Å². The molecule has 8 nitrogen and oxygen atoms in total. The van der Waals surface area contributed by atoms with Crippen molar-refractivity contribution < 1.29 is 22.7 Å². The Balaban J connectivity index is 1.63. The summed E-state index contributed by atoms with van der Waals surface area (Å²) in [6.07, 6.45) is 0.419. The average Bonchev–Trinajstić information content (AvgIpc) is 3.24. The summed E-state index contributed by atoms with van der Waals surface area (Å²) in [5, 5.41) is 4.41. The van der Waals surface area contributed by atoms with Crippen molar-refractivity contribution in [3.63, 3.8) is 0 Å². The molecule has 1 aromatic heterocycles. The second kappa shape index (κ2) is 9.21. The first-order valence-corrected chi connectivity index (χ1v) is 12.2. The van der Waals surface area contributed by atoms with Gasteiger partial charge in [-0.15, -0.1) is 0 Å². The molecule has 3 rings (SSSR count). The number of sulfone groups is 1. The van der Waals surface area contributed by atoms with Crippen LogP contribution in [-0.2, 0) is 19.4 Å². The van der Waals surface area contributed by atoms with E-state index < -0.39 is 22.4 Å². The van der Waals surface area contributed by atoms with Crippen molar-refractivity contribution in [2.24, 2.45) is 5.92 Å². The summed E-state index contributed by atoms with van der Waals surface area (Å²) in [6, 6.07) is 8.41. The number of nitrogens with zero attached hydrogens (tertiary/aromatic N) is 3. The van der Waals surface area contributed by atoms with Crippen LogP contribution in [0.2, 0.25) is 0 Å². The van der Waals surface area contributed by atoms with E-state index in [-0.39, 0.29) is 29.4 Å². The number of aromatic nitrogens is 2. The number of carbonyl (C=O) groups is 2. The number of hydrogen-bond donors (Lipinski definition) is 0. The summed E-state index contributed by atoms with van der Waals surface area (Å²) < 4.78 is 30.7. The van der Waals surface area contributed by atoms with Gasteiger partial charge in [0.2, 0.25) is 0 Å². The molecule has 1 aliphatic heterocycles. The first-order chi connectivity index (χ1) is 14.6. The van der Waals surface area contributed by atoms with Crippen molar-refractivity contribution in [3.05, 3.63) is 47.3 Å². The van der Waals surface area contributed by atoms with Crippen LogP contribution in [0.25, 0.3) is 5.69 Å². The number of rotatable bonds is 7. The Morgan fingerprint density at radius 3 is 2.42 bits per heavy atom. The van der Waals surface area contributed by atoms with Crippen LogP contribution in [0.5, 0.6) is 0 Å². The molecular formula is C22H29N3O5S. The van der Waals surface area contributed by atoms with Gasteiger partial charge in [0.25, 0.3) is 5.91 Å². The topological polar surface area (TPSA) is 98.6 Å². The van der Waals surface area contributed by atoms with E-state index in [4.69, 9.17) is 4.74 Å². The summed E-state index contributed by atoms with van der Waals surface area (Å²) in [7, 11) is -3.12. The maximum Gasteiger partial charge on any atom is 0.338 e. The minimum absolute atomic E-state index is 0.0345. The van der Waals surface area contributed by atoms with Crippen molar-refractivity contribution in [2.45, 2.75) is 40.2 Å². The van der Waals surface area contributed by atoms with Crippen LogP contribution in [0.3, 0.4) is 0 Å². The third kappa shape index (κ3) is 5.72. The predicted molar refractivity (Wildman–Crippen MR) is 117 cm³/mol. The fraction of sp³-hybridized carbons (Fsp3) is 0.500. The van der Waals surface area contributed by atoms with Gasteiger partial charge in [0.15, 0.2) is 16.4 Å². The fourth-order valence-corrected chi connectivity index (χ4v) is 5.52. The SMILES string of the molecule is Cc1cc(C)n(-c2ccc(C(=O)OCC(=O)N(CC(C)C)[C@@H]3CCS(=O)(=O)C3)cc2)n1. The maximum atomic E-state index is 12.7. The number of amides is 1. The van der Waals surface area contributed by atoms with Crippen LogP contribution in [0, 0.1) is 19.8 Å². The summed E-state index contributed by atoms with van der Waals surface area (Å²) >= 11 is 0. The molecule has 31 heavy (non-hydrogen) atoms. The number of hydrogen-bond acceptors (Lipinski definition) is 6. The lowest BCUT2D eigenvalue weighted by atomic mass is 10.1. The van der Waals surface area contributed by atoms with E-state index in [2.05, 4.69) is 5.10 Å². The van der Waals surface area contributed by atoms with Crippen molar-refractivity contribution in [2.75, 3.05) is 24.7 Å². The number of benzene rings is 1. The normalized spacial score (nSPS) is 17.6. The molecule has 1 atom stereocenters. The van der Waals surface area contributed by atoms with Gasteiger partial charge in [0, 0.05) is 18.3 Å². The maximum absolute atomic E-state index is 12.7. The van der Waals surface area contributed by atoms with E-state index in [0.717, 1.165) is 17.1 Å². The Kier molecular flexibility index (Phi) is 6.83. The molecule has 0 saturated carbocycles. The Bertz CT molecular complexity index is 1060. The molecule has 168 valence electrons. The lowest BCUT2D eigenvalue weighted by Crippen LogP contribution is -2.45. The van der Waals surface area contributed by atoms with Crippen molar-refractivity contribution in [1.29, 1.82) is 0 Å². The molecule has 9 heteroatoms. The Labute approximate surface area is 183 Å². The van der Waals surface area contributed by atoms with Crippen molar-refractivity contribution in [3.8, 4) is 5.69 Å². The highest BCUT2D eigenvalue weighted by molar-refractivity contribution is 7.91. The molecule has 0 aliphatic carbocycles. The highest BCUT2D eigenvalue weighted by Crippen LogP contribution is 2.20. The van der Waals surface area contributed by atoms with Gasteiger partial charge in [-0.2, -0.15) is 5.10 Å². The van der Waals surface area contributed by atoms with Gasteiger partial charge in [-0.25, -0.2) is 17.9 Å². The third-order valence-corrected chi connectivity index (χ3v) is 6.97. The zero-order valence-corrected chi connectivity index (χ0v) is 19.2. The first-order valence-electron chi connectivity index (χ1n) is 10.4. The molecule has 0 N–H and O–H groups in total. The Morgan fingerprint density at radius 1 is 1.23 bits per heavy atom. The molecule has 2 heterocycles. The van der Waals surface area contributed by atoms with Crippen LogP contribution in [0.15, 0.2) is 30.3 Å².